The highest BCUT2D eigenvalue weighted by atomic mass is 16.6. The van der Waals surface area contributed by atoms with Gasteiger partial charge in [-0.25, -0.2) is 14.8 Å². The molecule has 34 heavy (non-hydrogen) atoms. The number of methoxy groups -OCH3 is 1. The van der Waals surface area contributed by atoms with Gasteiger partial charge in [0.1, 0.15) is 11.4 Å². The van der Waals surface area contributed by atoms with Crippen molar-refractivity contribution in [2.24, 2.45) is 0 Å². The third-order valence-electron chi connectivity index (χ3n) is 5.77. The summed E-state index contributed by atoms with van der Waals surface area (Å²) in [4.78, 5) is 23.3. The first-order chi connectivity index (χ1) is 16.3. The van der Waals surface area contributed by atoms with Crippen LogP contribution in [0.1, 0.15) is 33.6 Å². The molecular weight excluding hydrogens is 430 g/mol. The van der Waals surface area contributed by atoms with E-state index in [-0.39, 0.29) is 12.1 Å². The van der Waals surface area contributed by atoms with E-state index < -0.39 is 5.60 Å². The first-order valence-electron chi connectivity index (χ1n) is 11.6. The second-order valence-corrected chi connectivity index (χ2v) is 9.54. The molecule has 0 aliphatic carbocycles. The number of carbonyl (C=O) groups excluding carboxylic acids is 1. The van der Waals surface area contributed by atoms with Crippen LogP contribution < -0.4 is 15.4 Å². The maximum atomic E-state index is 12.6. The van der Waals surface area contributed by atoms with E-state index in [4.69, 9.17) is 9.47 Å². The fourth-order valence-electron chi connectivity index (χ4n) is 4.18. The quantitative estimate of drug-likeness (QED) is 0.540. The van der Waals surface area contributed by atoms with Crippen LogP contribution in [0.5, 0.6) is 5.75 Å². The summed E-state index contributed by atoms with van der Waals surface area (Å²) >= 11 is 0. The third kappa shape index (κ3) is 5.50. The second-order valence-electron chi connectivity index (χ2n) is 9.54. The van der Waals surface area contributed by atoms with Crippen LogP contribution in [0.25, 0.3) is 22.0 Å². The Morgan fingerprint density at radius 3 is 2.74 bits per heavy atom. The molecular formula is C26H33N5O3. The molecule has 1 aliphatic rings. The SMILES string of the molecule is CNc1nccc(-c2cc(NC3CCCN(C(=O)OC(C)(C)C)C3)c3cc(OC)ccc3c2)n1. The summed E-state index contributed by atoms with van der Waals surface area (Å²) in [6.45, 7) is 6.96. The molecule has 1 amide bonds. The number of nitrogens with zero attached hydrogens (tertiary/aromatic N) is 3. The van der Waals surface area contributed by atoms with Gasteiger partial charge in [-0.05, 0) is 69.3 Å². The Bertz CT molecular complexity index is 1170. The Labute approximate surface area is 200 Å². The number of piperidine rings is 1. The molecule has 2 N–H and O–H groups in total. The number of nitrogens with one attached hydrogen (secondary N) is 2. The van der Waals surface area contributed by atoms with Gasteiger partial charge >= 0.3 is 6.09 Å². The minimum atomic E-state index is -0.512. The summed E-state index contributed by atoms with van der Waals surface area (Å²) in [7, 11) is 3.47. The van der Waals surface area contributed by atoms with E-state index in [1.54, 1.807) is 25.3 Å². The van der Waals surface area contributed by atoms with Crippen LogP contribution >= 0.6 is 0 Å². The Kier molecular flexibility index (Phi) is 6.77. The van der Waals surface area contributed by atoms with Crippen molar-refractivity contribution in [2.45, 2.75) is 45.3 Å². The first kappa shape index (κ1) is 23.6. The number of fused-ring (bicyclic) bond motifs is 1. The van der Waals surface area contributed by atoms with Crippen LogP contribution in [0, 0.1) is 0 Å². The number of benzene rings is 2. The van der Waals surface area contributed by atoms with E-state index in [0.29, 0.717) is 19.0 Å². The van der Waals surface area contributed by atoms with Crippen molar-refractivity contribution >= 4 is 28.5 Å². The molecule has 0 spiro atoms. The Balaban J connectivity index is 1.66. The average molecular weight is 464 g/mol. The second kappa shape index (κ2) is 9.75. The summed E-state index contributed by atoms with van der Waals surface area (Å²) in [6.07, 6.45) is 3.36. The zero-order valence-corrected chi connectivity index (χ0v) is 20.5. The fraction of sp³-hybridized carbons (Fsp3) is 0.423. The monoisotopic (exact) mass is 463 g/mol. The summed E-state index contributed by atoms with van der Waals surface area (Å²) in [6, 6.07) is 12.3. The zero-order valence-electron chi connectivity index (χ0n) is 20.5. The molecule has 0 saturated carbocycles. The van der Waals surface area contributed by atoms with Gasteiger partial charge in [-0.15, -0.1) is 0 Å². The molecule has 180 valence electrons. The summed E-state index contributed by atoms with van der Waals surface area (Å²) < 4.78 is 11.1. The maximum absolute atomic E-state index is 12.6. The maximum Gasteiger partial charge on any atom is 0.410 e. The minimum Gasteiger partial charge on any atom is -0.497 e. The number of aromatic nitrogens is 2. The van der Waals surface area contributed by atoms with E-state index in [1.807, 2.05) is 39.0 Å². The zero-order chi connectivity index (χ0) is 24.3. The van der Waals surface area contributed by atoms with Gasteiger partial charge in [0.2, 0.25) is 5.95 Å². The Morgan fingerprint density at radius 2 is 2.00 bits per heavy atom. The van der Waals surface area contributed by atoms with Gasteiger partial charge in [-0.1, -0.05) is 6.07 Å². The molecule has 1 unspecified atom stereocenters. The lowest BCUT2D eigenvalue weighted by Gasteiger charge is -2.35. The first-order valence-corrected chi connectivity index (χ1v) is 11.6. The van der Waals surface area contributed by atoms with Crippen molar-refractivity contribution in [3.05, 3.63) is 42.6 Å². The van der Waals surface area contributed by atoms with Gasteiger partial charge in [0.25, 0.3) is 0 Å². The van der Waals surface area contributed by atoms with Crippen LogP contribution in [0.2, 0.25) is 0 Å². The number of carbonyl (C=O) groups is 1. The highest BCUT2D eigenvalue weighted by Crippen LogP contribution is 2.34. The summed E-state index contributed by atoms with van der Waals surface area (Å²) in [5.41, 5.74) is 2.28. The van der Waals surface area contributed by atoms with E-state index in [2.05, 4.69) is 38.8 Å². The van der Waals surface area contributed by atoms with Crippen LogP contribution in [-0.4, -0.2) is 59.9 Å². The van der Waals surface area contributed by atoms with E-state index >= 15 is 0 Å². The van der Waals surface area contributed by atoms with E-state index in [1.165, 1.54) is 0 Å². The van der Waals surface area contributed by atoms with Crippen LogP contribution in [0.3, 0.4) is 0 Å². The smallest absolute Gasteiger partial charge is 0.410 e. The normalized spacial score (nSPS) is 16.3. The molecule has 1 aromatic heterocycles. The van der Waals surface area contributed by atoms with Gasteiger partial charge in [0.05, 0.1) is 12.8 Å². The van der Waals surface area contributed by atoms with Crippen molar-refractivity contribution in [1.82, 2.24) is 14.9 Å². The van der Waals surface area contributed by atoms with Crippen molar-refractivity contribution in [2.75, 3.05) is 37.9 Å². The van der Waals surface area contributed by atoms with Gasteiger partial charge in [0.15, 0.2) is 0 Å². The third-order valence-corrected chi connectivity index (χ3v) is 5.77. The van der Waals surface area contributed by atoms with Gasteiger partial charge in [-0.2, -0.15) is 0 Å². The highest BCUT2D eigenvalue weighted by molar-refractivity contribution is 5.98. The fourth-order valence-corrected chi connectivity index (χ4v) is 4.18. The lowest BCUT2D eigenvalue weighted by atomic mass is 10.00. The van der Waals surface area contributed by atoms with Gasteiger partial charge < -0.3 is 25.0 Å². The lowest BCUT2D eigenvalue weighted by Crippen LogP contribution is -2.47. The minimum absolute atomic E-state index is 0.101. The van der Waals surface area contributed by atoms with Crippen molar-refractivity contribution in [1.29, 1.82) is 0 Å². The number of ether oxygens (including phenoxy) is 2. The molecule has 1 fully saturated rings. The lowest BCUT2D eigenvalue weighted by molar-refractivity contribution is 0.0206. The molecule has 1 aliphatic heterocycles. The molecule has 1 atom stereocenters. The predicted molar refractivity (Wildman–Crippen MR) is 136 cm³/mol. The molecule has 8 heteroatoms. The number of amides is 1. The van der Waals surface area contributed by atoms with E-state index in [9.17, 15) is 4.79 Å². The topological polar surface area (TPSA) is 88.6 Å². The summed E-state index contributed by atoms with van der Waals surface area (Å²) in [5.74, 6) is 1.36. The molecule has 1 saturated heterocycles. The van der Waals surface area contributed by atoms with Gasteiger partial charge in [-0.3, -0.25) is 0 Å². The van der Waals surface area contributed by atoms with Crippen molar-refractivity contribution in [3.8, 4) is 17.0 Å². The van der Waals surface area contributed by atoms with Gasteiger partial charge in [0, 0.05) is 49.0 Å². The molecule has 8 nitrogen and oxygen atoms in total. The highest BCUT2D eigenvalue weighted by Gasteiger charge is 2.28. The number of likely N-dealkylation sites (tertiary alicyclic amines) is 1. The van der Waals surface area contributed by atoms with Crippen molar-refractivity contribution < 1.29 is 14.3 Å². The molecule has 2 heterocycles. The van der Waals surface area contributed by atoms with E-state index in [0.717, 1.165) is 46.3 Å². The summed E-state index contributed by atoms with van der Waals surface area (Å²) in [5, 5.41) is 8.83. The van der Waals surface area contributed by atoms with Crippen LogP contribution in [-0.2, 0) is 4.74 Å². The van der Waals surface area contributed by atoms with Crippen LogP contribution in [0.15, 0.2) is 42.6 Å². The molecule has 0 radical (unpaired) electrons. The average Bonchev–Trinajstić information content (AvgIpc) is 2.83. The Morgan fingerprint density at radius 1 is 1.18 bits per heavy atom. The molecule has 4 rings (SSSR count). The Hall–Kier alpha value is -3.55. The number of anilines is 2. The largest absolute Gasteiger partial charge is 0.497 e. The standard InChI is InChI=1S/C26H33N5O3/c1-26(2,3)34-25(32)31-12-6-7-19(16-31)29-23-14-18(22-10-11-28-24(27-4)30-22)13-17-8-9-20(33-5)15-21(17)23/h8-11,13-15,19,29H,6-7,12,16H2,1-5H3,(H,27,28,30). The molecule has 3 aromatic rings. The number of hydrogen-bond donors (Lipinski definition) is 2. The predicted octanol–water partition coefficient (Wildman–Crippen LogP) is 5.16. The molecule has 0 bridgehead atoms. The number of hydrogen-bond acceptors (Lipinski definition) is 7. The molecule has 2 aromatic carbocycles. The van der Waals surface area contributed by atoms with Crippen molar-refractivity contribution in [3.63, 3.8) is 0 Å². The van der Waals surface area contributed by atoms with Crippen LogP contribution in [0.4, 0.5) is 16.4 Å². The number of rotatable bonds is 5.